The van der Waals surface area contributed by atoms with E-state index in [1.807, 2.05) is 6.08 Å². The molecule has 0 spiro atoms. The molecule has 0 aliphatic heterocycles. The molecular weight excluding hydrogens is 286 g/mol. The molecule has 2 saturated carbocycles. The first-order valence-corrected chi connectivity index (χ1v) is 9.02. The zero-order chi connectivity index (χ0) is 16.4. The molecule has 0 aromatic carbocycles. The largest absolute Gasteiger partial charge is 0.393 e. The van der Waals surface area contributed by atoms with Crippen molar-refractivity contribution in [2.24, 2.45) is 28.6 Å². The maximum Gasteiger partial charge on any atom is 0.146 e. The van der Waals surface area contributed by atoms with E-state index in [0.717, 1.165) is 50.4 Å². The van der Waals surface area contributed by atoms with Gasteiger partial charge in [-0.25, -0.2) is 0 Å². The smallest absolute Gasteiger partial charge is 0.146 e. The molecule has 0 aromatic heterocycles. The number of carbonyl (C=O) groups is 1. The topological polar surface area (TPSA) is 61.2 Å². The van der Waals surface area contributed by atoms with Crippen molar-refractivity contribution in [3.8, 4) is 0 Å². The summed E-state index contributed by atoms with van der Waals surface area (Å²) in [4.78, 5) is 11.8. The third kappa shape index (κ3) is 1.98. The molecule has 124 valence electrons. The summed E-state index contributed by atoms with van der Waals surface area (Å²) in [7, 11) is 0. The Kier molecular flexibility index (Phi) is 3.26. The van der Waals surface area contributed by atoms with E-state index in [0.29, 0.717) is 23.5 Å². The van der Waals surface area contributed by atoms with Gasteiger partial charge in [-0.15, -0.1) is 0 Å². The van der Waals surface area contributed by atoms with Crippen LogP contribution in [0.15, 0.2) is 23.3 Å². The van der Waals surface area contributed by atoms with E-state index in [-0.39, 0.29) is 16.9 Å². The van der Waals surface area contributed by atoms with Gasteiger partial charge in [-0.2, -0.15) is 0 Å². The van der Waals surface area contributed by atoms with E-state index in [9.17, 15) is 9.90 Å². The van der Waals surface area contributed by atoms with Gasteiger partial charge in [-0.05, 0) is 67.8 Å². The van der Waals surface area contributed by atoms with Crippen LogP contribution in [0.3, 0.4) is 0 Å². The van der Waals surface area contributed by atoms with E-state index in [1.165, 1.54) is 5.57 Å². The van der Waals surface area contributed by atoms with Gasteiger partial charge in [0.15, 0.2) is 0 Å². The normalized spacial score (nSPS) is 48.7. The van der Waals surface area contributed by atoms with E-state index in [1.54, 1.807) is 0 Å². The molecule has 0 aromatic rings. The van der Waals surface area contributed by atoms with Crippen molar-refractivity contribution in [3.63, 3.8) is 0 Å². The second kappa shape index (κ2) is 4.89. The van der Waals surface area contributed by atoms with Crippen LogP contribution >= 0.6 is 0 Å². The van der Waals surface area contributed by atoms with Crippen LogP contribution in [-0.2, 0) is 4.79 Å². The Morgan fingerprint density at radius 2 is 2.13 bits per heavy atom. The van der Waals surface area contributed by atoms with Gasteiger partial charge in [0.25, 0.3) is 0 Å². The Balaban J connectivity index is 1.80. The molecule has 0 heterocycles. The van der Waals surface area contributed by atoms with Gasteiger partial charge in [-0.3, -0.25) is 4.79 Å². The van der Waals surface area contributed by atoms with Crippen molar-refractivity contribution in [2.45, 2.75) is 58.5 Å². The van der Waals surface area contributed by atoms with Crippen molar-refractivity contribution in [1.29, 1.82) is 5.41 Å². The van der Waals surface area contributed by atoms with Gasteiger partial charge in [0.2, 0.25) is 0 Å². The fraction of sp³-hybridized carbons (Fsp3) is 0.700. The molecule has 3 heteroatoms. The molecule has 6 atom stereocenters. The fourth-order valence-electron chi connectivity index (χ4n) is 6.33. The Morgan fingerprint density at radius 3 is 2.87 bits per heavy atom. The summed E-state index contributed by atoms with van der Waals surface area (Å²) in [6.45, 7) is 4.57. The number of rotatable bonds is 1. The predicted octanol–water partition coefficient (Wildman–Crippen LogP) is 3.67. The second-order valence-electron chi connectivity index (χ2n) is 8.75. The molecule has 2 fully saturated rings. The standard InChI is InChI=1S/C20H27NO2/c1-19-6-5-17-16(18(19)9-15(23)10-19)4-3-12-7-14(21)8-13(11-22)20(12,17)2/h5,8,11-12,15-16,18,21,23H,3-4,6-7,9-10H2,1-2H3/t12?,15?,16-,18+,19-,20-/m1/s1. The van der Waals surface area contributed by atoms with Crippen molar-refractivity contribution in [3.05, 3.63) is 23.3 Å². The number of nitrogens with one attached hydrogen (secondary N) is 1. The van der Waals surface area contributed by atoms with E-state index >= 15 is 0 Å². The minimum Gasteiger partial charge on any atom is -0.393 e. The number of allylic oxidation sites excluding steroid dienone is 4. The van der Waals surface area contributed by atoms with Crippen molar-refractivity contribution < 1.29 is 9.90 Å². The summed E-state index contributed by atoms with van der Waals surface area (Å²) >= 11 is 0. The highest BCUT2D eigenvalue weighted by Crippen LogP contribution is 2.64. The lowest BCUT2D eigenvalue weighted by molar-refractivity contribution is -0.106. The van der Waals surface area contributed by atoms with Gasteiger partial charge < -0.3 is 10.5 Å². The van der Waals surface area contributed by atoms with Crippen molar-refractivity contribution in [1.82, 2.24) is 0 Å². The zero-order valence-electron chi connectivity index (χ0n) is 14.1. The molecule has 0 amide bonds. The monoisotopic (exact) mass is 313 g/mol. The summed E-state index contributed by atoms with van der Waals surface area (Å²) in [5.74, 6) is 1.44. The molecule has 4 aliphatic rings. The maximum atomic E-state index is 11.8. The maximum absolute atomic E-state index is 11.8. The summed E-state index contributed by atoms with van der Waals surface area (Å²) < 4.78 is 0. The average molecular weight is 313 g/mol. The molecule has 2 N–H and O–H groups in total. The molecule has 3 nitrogen and oxygen atoms in total. The van der Waals surface area contributed by atoms with Crippen LogP contribution in [0.4, 0.5) is 0 Å². The number of fused-ring (bicyclic) bond motifs is 5. The lowest BCUT2D eigenvalue weighted by Gasteiger charge is -2.55. The number of hydrogen-bond acceptors (Lipinski definition) is 3. The fourth-order valence-corrected chi connectivity index (χ4v) is 6.33. The average Bonchev–Trinajstić information content (AvgIpc) is 2.81. The minimum atomic E-state index is -0.190. The summed E-state index contributed by atoms with van der Waals surface area (Å²) in [6.07, 6.45) is 10.9. The first-order valence-electron chi connectivity index (χ1n) is 9.02. The number of hydrogen-bond donors (Lipinski definition) is 2. The molecule has 23 heavy (non-hydrogen) atoms. The first kappa shape index (κ1) is 15.3. The SMILES string of the molecule is C[C@]12C(C=O)=CC(=N)CC1CC[C@@H]1C2=CC[C@]2(C)CC(O)C[C@@H]12. The van der Waals surface area contributed by atoms with Gasteiger partial charge in [0.1, 0.15) is 6.29 Å². The molecule has 0 radical (unpaired) electrons. The van der Waals surface area contributed by atoms with Gasteiger partial charge >= 0.3 is 0 Å². The highest BCUT2D eigenvalue weighted by molar-refractivity contribution is 6.00. The number of aliphatic hydroxyl groups is 1. The number of aldehydes is 1. The third-order valence-electron chi connectivity index (χ3n) is 7.56. The lowest BCUT2D eigenvalue weighted by Crippen LogP contribution is -2.47. The number of carbonyl (C=O) groups excluding carboxylic acids is 1. The summed E-state index contributed by atoms with van der Waals surface area (Å²) in [5, 5.41) is 18.3. The van der Waals surface area contributed by atoms with E-state index in [2.05, 4.69) is 19.9 Å². The molecular formula is C20H27NO2. The van der Waals surface area contributed by atoms with Crippen LogP contribution in [0.2, 0.25) is 0 Å². The molecule has 2 unspecified atom stereocenters. The van der Waals surface area contributed by atoms with E-state index < -0.39 is 0 Å². The lowest BCUT2D eigenvalue weighted by atomic mass is 9.49. The van der Waals surface area contributed by atoms with Gasteiger partial charge in [0.05, 0.1) is 6.10 Å². The van der Waals surface area contributed by atoms with Gasteiger partial charge in [0, 0.05) is 16.7 Å². The Bertz CT molecular complexity index is 634. The quantitative estimate of drug-likeness (QED) is 0.573. The Morgan fingerprint density at radius 1 is 1.35 bits per heavy atom. The van der Waals surface area contributed by atoms with Crippen molar-refractivity contribution in [2.75, 3.05) is 0 Å². The second-order valence-corrected chi connectivity index (χ2v) is 8.75. The molecule has 0 bridgehead atoms. The summed E-state index contributed by atoms with van der Waals surface area (Å²) in [5.41, 5.74) is 2.88. The van der Waals surface area contributed by atoms with E-state index in [4.69, 9.17) is 5.41 Å². The first-order chi connectivity index (χ1) is 10.9. The summed E-state index contributed by atoms with van der Waals surface area (Å²) in [6, 6.07) is 0. The van der Waals surface area contributed by atoms with Crippen molar-refractivity contribution >= 4 is 12.0 Å². The number of aliphatic hydroxyl groups excluding tert-OH is 1. The van der Waals surface area contributed by atoms with Crippen LogP contribution in [-0.4, -0.2) is 23.2 Å². The molecule has 0 saturated heterocycles. The van der Waals surface area contributed by atoms with Crippen LogP contribution in [0.25, 0.3) is 0 Å². The van der Waals surface area contributed by atoms with Crippen LogP contribution in [0.1, 0.15) is 52.4 Å². The van der Waals surface area contributed by atoms with Gasteiger partial charge in [-0.1, -0.05) is 25.5 Å². The third-order valence-corrected chi connectivity index (χ3v) is 7.56. The van der Waals surface area contributed by atoms with Crippen LogP contribution < -0.4 is 0 Å². The Hall–Kier alpha value is -1.22. The van der Waals surface area contributed by atoms with Crippen LogP contribution in [0.5, 0.6) is 0 Å². The predicted molar refractivity (Wildman–Crippen MR) is 90.3 cm³/mol. The Labute approximate surface area is 138 Å². The highest BCUT2D eigenvalue weighted by atomic mass is 16.3. The zero-order valence-corrected chi connectivity index (χ0v) is 14.1. The van der Waals surface area contributed by atoms with Crippen LogP contribution in [0, 0.1) is 34.0 Å². The highest BCUT2D eigenvalue weighted by Gasteiger charge is 2.56. The molecule has 4 rings (SSSR count). The minimum absolute atomic E-state index is 0.163. The molecule has 4 aliphatic carbocycles.